The summed E-state index contributed by atoms with van der Waals surface area (Å²) in [6.07, 6.45) is 2.11. The maximum atomic E-state index is 12.5. The fraction of sp³-hybridized carbons (Fsp3) is 0.632. The largest absolute Gasteiger partial charge is 0.444 e. The molecule has 0 bridgehead atoms. The van der Waals surface area contributed by atoms with Crippen molar-refractivity contribution >= 4 is 6.09 Å². The average molecular weight is 340 g/mol. The zero-order valence-electron chi connectivity index (χ0n) is 16.1. The molecular weight excluding hydrogens is 307 g/mol. The fourth-order valence-electron chi connectivity index (χ4n) is 1.66. The third-order valence-electron chi connectivity index (χ3n) is 3.50. The average Bonchev–Trinajstić information content (AvgIpc) is 3.26. The second kappa shape index (κ2) is 10.3. The molecule has 5 heteroatoms. The number of ether oxygens (including phenoxy) is 1. The molecule has 0 spiro atoms. The molecule has 0 radical (unpaired) electrons. The lowest BCUT2D eigenvalue weighted by Gasteiger charge is -2.18. The first kappa shape index (κ1) is 22.4. The van der Waals surface area contributed by atoms with Gasteiger partial charge in [0.05, 0.1) is 0 Å². The lowest BCUT2D eigenvalue weighted by atomic mass is 9.99. The van der Waals surface area contributed by atoms with Crippen molar-refractivity contribution < 1.29 is 13.9 Å². The van der Waals surface area contributed by atoms with Crippen LogP contribution in [-0.4, -0.2) is 32.3 Å². The van der Waals surface area contributed by atoms with Crippen LogP contribution in [-0.2, 0) is 10.2 Å². The normalized spacial score (nSPS) is 14.3. The molecule has 2 N–H and O–H groups in total. The van der Waals surface area contributed by atoms with Gasteiger partial charge >= 0.3 is 6.09 Å². The Morgan fingerprint density at radius 2 is 1.67 bits per heavy atom. The summed E-state index contributed by atoms with van der Waals surface area (Å²) in [4.78, 5) is 10.5. The molecule has 1 amide bonds. The summed E-state index contributed by atoms with van der Waals surface area (Å²) in [7, 11) is 3.47. The van der Waals surface area contributed by atoms with Gasteiger partial charge in [0.2, 0.25) is 0 Å². The molecule has 0 aromatic heterocycles. The van der Waals surface area contributed by atoms with Crippen LogP contribution in [0.15, 0.2) is 24.3 Å². The van der Waals surface area contributed by atoms with Crippen molar-refractivity contribution in [1.82, 2.24) is 10.6 Å². The van der Waals surface area contributed by atoms with Crippen LogP contribution in [0.5, 0.6) is 0 Å². The molecule has 0 unspecified atom stereocenters. The molecule has 1 aromatic rings. The first-order valence-electron chi connectivity index (χ1n) is 8.39. The molecule has 1 aliphatic rings. The molecule has 0 atom stereocenters. The molecule has 1 saturated carbocycles. The van der Waals surface area contributed by atoms with Gasteiger partial charge in [-0.25, -0.2) is 9.18 Å². The predicted molar refractivity (Wildman–Crippen MR) is 97.9 cm³/mol. The maximum Gasteiger partial charge on any atom is 0.407 e. The van der Waals surface area contributed by atoms with Gasteiger partial charge in [-0.1, -0.05) is 26.0 Å². The molecule has 1 aromatic carbocycles. The van der Waals surface area contributed by atoms with E-state index in [9.17, 15) is 9.18 Å². The molecule has 1 fully saturated rings. The zero-order chi connectivity index (χ0) is 18.8. The highest BCUT2D eigenvalue weighted by atomic mass is 19.1. The van der Waals surface area contributed by atoms with Crippen LogP contribution in [0.1, 0.15) is 53.0 Å². The van der Waals surface area contributed by atoms with Crippen LogP contribution in [0, 0.1) is 5.82 Å². The first-order valence-corrected chi connectivity index (χ1v) is 8.39. The number of alkyl carbamates (subject to hydrolysis) is 1. The summed E-state index contributed by atoms with van der Waals surface area (Å²) in [6.45, 7) is 10.8. The van der Waals surface area contributed by atoms with E-state index in [1.807, 2.05) is 40.0 Å². The minimum atomic E-state index is -0.389. The fourth-order valence-corrected chi connectivity index (χ4v) is 1.66. The molecule has 0 saturated heterocycles. The second-order valence-electron chi connectivity index (χ2n) is 7.03. The van der Waals surface area contributed by atoms with E-state index in [0.29, 0.717) is 5.41 Å². The smallest absolute Gasteiger partial charge is 0.407 e. The van der Waals surface area contributed by atoms with Crippen LogP contribution < -0.4 is 10.6 Å². The van der Waals surface area contributed by atoms with Gasteiger partial charge in [-0.3, -0.25) is 0 Å². The number of rotatable bonds is 2. The standard InChI is InChI=1S/C10H11F.C6H13NO2.C3H9N/c1-10(6-7-10)8-2-4-9(11)5-3-8;1-6(2,3)9-5(8)7-4;1-3-4-2/h2-5H,6-7H2,1H3;1-4H3,(H,7,8);4H,3H2,1-2H3. The minimum Gasteiger partial charge on any atom is -0.444 e. The van der Waals surface area contributed by atoms with Gasteiger partial charge in [-0.2, -0.15) is 0 Å². The number of amides is 1. The van der Waals surface area contributed by atoms with Crippen molar-refractivity contribution in [3.05, 3.63) is 35.6 Å². The highest BCUT2D eigenvalue weighted by Crippen LogP contribution is 2.47. The van der Waals surface area contributed by atoms with Crippen molar-refractivity contribution in [3.63, 3.8) is 0 Å². The lowest BCUT2D eigenvalue weighted by molar-refractivity contribution is 0.0541. The topological polar surface area (TPSA) is 50.4 Å². The van der Waals surface area contributed by atoms with Crippen LogP contribution in [0.25, 0.3) is 0 Å². The van der Waals surface area contributed by atoms with Crippen molar-refractivity contribution in [2.24, 2.45) is 0 Å². The first-order chi connectivity index (χ1) is 11.1. The highest BCUT2D eigenvalue weighted by molar-refractivity contribution is 5.67. The van der Waals surface area contributed by atoms with Gasteiger partial charge < -0.3 is 15.4 Å². The molecular formula is C19H33FN2O2. The Hall–Kier alpha value is -1.62. The molecule has 0 aliphatic heterocycles. The molecule has 4 nitrogen and oxygen atoms in total. The molecule has 24 heavy (non-hydrogen) atoms. The van der Waals surface area contributed by atoms with Crippen molar-refractivity contribution in [3.8, 4) is 0 Å². The van der Waals surface area contributed by atoms with Gasteiger partial charge in [0.15, 0.2) is 0 Å². The Morgan fingerprint density at radius 1 is 1.21 bits per heavy atom. The number of benzene rings is 1. The van der Waals surface area contributed by atoms with E-state index < -0.39 is 0 Å². The van der Waals surface area contributed by atoms with Gasteiger partial charge in [-0.05, 0) is 70.3 Å². The number of hydrogen-bond donors (Lipinski definition) is 2. The van der Waals surface area contributed by atoms with E-state index in [2.05, 4.69) is 24.5 Å². The number of nitrogens with one attached hydrogen (secondary N) is 2. The van der Waals surface area contributed by atoms with E-state index in [0.717, 1.165) is 6.54 Å². The quantitative estimate of drug-likeness (QED) is 0.846. The van der Waals surface area contributed by atoms with Crippen molar-refractivity contribution in [1.29, 1.82) is 0 Å². The summed E-state index contributed by atoms with van der Waals surface area (Å²) in [5.41, 5.74) is 1.26. The Morgan fingerprint density at radius 3 is 1.92 bits per heavy atom. The second-order valence-corrected chi connectivity index (χ2v) is 7.03. The SMILES string of the molecule is CC1(c2ccc(F)cc2)CC1.CCNC.CNC(=O)OC(C)(C)C. The molecule has 1 aliphatic carbocycles. The summed E-state index contributed by atoms with van der Waals surface area (Å²) >= 11 is 0. The van der Waals surface area contributed by atoms with Crippen molar-refractivity contribution in [2.45, 2.75) is 58.5 Å². The molecule has 138 valence electrons. The zero-order valence-corrected chi connectivity index (χ0v) is 16.1. The molecule has 0 heterocycles. The summed E-state index contributed by atoms with van der Waals surface area (Å²) < 4.78 is 17.3. The Bertz CT molecular complexity index is 475. The predicted octanol–water partition coefficient (Wildman–Crippen LogP) is 4.24. The van der Waals surface area contributed by atoms with Gasteiger partial charge in [0.25, 0.3) is 0 Å². The summed E-state index contributed by atoms with van der Waals surface area (Å²) in [5, 5.41) is 5.29. The summed E-state index contributed by atoms with van der Waals surface area (Å²) in [5.74, 6) is -0.141. The van der Waals surface area contributed by atoms with E-state index in [-0.39, 0.29) is 17.5 Å². The third kappa shape index (κ3) is 10.2. The van der Waals surface area contributed by atoms with Gasteiger partial charge in [0, 0.05) is 7.05 Å². The Kier molecular flexibility index (Phi) is 9.59. The van der Waals surface area contributed by atoms with Gasteiger partial charge in [-0.15, -0.1) is 0 Å². The van der Waals surface area contributed by atoms with E-state index >= 15 is 0 Å². The van der Waals surface area contributed by atoms with Crippen LogP contribution in [0.2, 0.25) is 0 Å². The highest BCUT2D eigenvalue weighted by Gasteiger charge is 2.38. The number of carbonyl (C=O) groups excluding carboxylic acids is 1. The Balaban J connectivity index is 0.000000369. The van der Waals surface area contributed by atoms with E-state index in [4.69, 9.17) is 4.74 Å². The van der Waals surface area contributed by atoms with E-state index in [1.54, 1.807) is 12.1 Å². The number of carbonyl (C=O) groups is 1. The Labute approximate surface area is 146 Å². The number of halogens is 1. The maximum absolute atomic E-state index is 12.5. The number of hydrogen-bond acceptors (Lipinski definition) is 3. The van der Waals surface area contributed by atoms with Crippen LogP contribution in [0.3, 0.4) is 0 Å². The van der Waals surface area contributed by atoms with Crippen molar-refractivity contribution in [2.75, 3.05) is 20.6 Å². The summed E-state index contributed by atoms with van der Waals surface area (Å²) in [6, 6.07) is 6.86. The van der Waals surface area contributed by atoms with E-state index in [1.165, 1.54) is 25.5 Å². The minimum absolute atomic E-state index is 0.141. The van der Waals surface area contributed by atoms with Crippen LogP contribution in [0.4, 0.5) is 9.18 Å². The monoisotopic (exact) mass is 340 g/mol. The molecule has 2 rings (SSSR count). The lowest BCUT2D eigenvalue weighted by Crippen LogP contribution is -2.30. The van der Waals surface area contributed by atoms with Crippen LogP contribution >= 0.6 is 0 Å². The third-order valence-corrected chi connectivity index (χ3v) is 3.50. The van der Waals surface area contributed by atoms with Gasteiger partial charge in [0.1, 0.15) is 11.4 Å².